The fourth-order valence-electron chi connectivity index (χ4n) is 7.22. The van der Waals surface area contributed by atoms with Crippen molar-refractivity contribution in [3.05, 3.63) is 194 Å². The van der Waals surface area contributed by atoms with E-state index < -0.39 is 0 Å². The van der Waals surface area contributed by atoms with Gasteiger partial charge >= 0.3 is 0 Å². The van der Waals surface area contributed by atoms with E-state index in [1.165, 1.54) is 25.7 Å². The van der Waals surface area contributed by atoms with Gasteiger partial charge in [0.05, 0.1) is 15.5 Å². The van der Waals surface area contributed by atoms with E-state index in [0.29, 0.717) is 0 Å². The highest BCUT2D eigenvalue weighted by molar-refractivity contribution is 7.99. The topological polar surface area (TPSA) is 15.7 Å². The number of benzene rings is 8. The normalized spacial score (nSPS) is 11.8. The summed E-state index contributed by atoms with van der Waals surface area (Å²) in [5.41, 5.74) is 8.63. The minimum atomic E-state index is 0.833. The van der Waals surface area contributed by atoms with E-state index in [9.17, 15) is 0 Å². The molecule has 5 heteroatoms. The van der Waals surface area contributed by atoms with Crippen LogP contribution in [-0.2, 0) is 0 Å². The molecule has 0 fully saturated rings. The van der Waals surface area contributed by atoms with Gasteiger partial charge in [0, 0.05) is 48.6 Å². The molecule has 1 aliphatic rings. The Labute approximate surface area is 317 Å². The number of thiophene rings is 1. The number of hydrogen-bond donors (Lipinski definition) is 0. The average Bonchev–Trinajstić information content (AvgIpc) is 3.60. The van der Waals surface area contributed by atoms with Crippen molar-refractivity contribution >= 4 is 77.4 Å². The number of nitrogens with zero attached hydrogens (tertiary/aromatic N) is 2. The Hall–Kier alpha value is -6.27. The van der Waals surface area contributed by atoms with Crippen LogP contribution >= 0.6 is 23.1 Å². The molecule has 0 amide bonds. The third kappa shape index (κ3) is 5.81. The van der Waals surface area contributed by atoms with E-state index in [-0.39, 0.29) is 0 Å². The largest absolute Gasteiger partial charge is 0.453 e. The monoisotopic (exact) mass is 716 g/mol. The highest BCUT2D eigenvalue weighted by Crippen LogP contribution is 2.56. The fourth-order valence-corrected chi connectivity index (χ4v) is 9.41. The zero-order chi connectivity index (χ0) is 35.1. The average molecular weight is 717 g/mol. The van der Waals surface area contributed by atoms with Gasteiger partial charge in [-0.3, -0.25) is 0 Å². The predicted octanol–water partition coefficient (Wildman–Crippen LogP) is 14.9. The van der Waals surface area contributed by atoms with Gasteiger partial charge in [-0.25, -0.2) is 0 Å². The third-order valence-electron chi connectivity index (χ3n) is 9.67. The second-order valence-corrected chi connectivity index (χ2v) is 15.1. The van der Waals surface area contributed by atoms with Crippen LogP contribution in [0.4, 0.5) is 34.1 Å². The summed E-state index contributed by atoms with van der Waals surface area (Å²) in [6, 6.07) is 69.0. The smallest absolute Gasteiger partial charge is 0.165 e. The van der Waals surface area contributed by atoms with Gasteiger partial charge in [0.2, 0.25) is 0 Å². The van der Waals surface area contributed by atoms with Crippen molar-refractivity contribution in [3.8, 4) is 22.6 Å². The molecule has 252 valence electrons. The van der Waals surface area contributed by atoms with Crippen LogP contribution in [0.3, 0.4) is 0 Å². The quantitative estimate of drug-likeness (QED) is 0.163. The maximum atomic E-state index is 6.98. The zero-order valence-electron chi connectivity index (χ0n) is 28.6. The highest BCUT2D eigenvalue weighted by Gasteiger charge is 2.29. The summed E-state index contributed by atoms with van der Waals surface area (Å²) >= 11 is 3.61. The van der Waals surface area contributed by atoms with Gasteiger partial charge in [-0.1, -0.05) is 127 Å². The lowest BCUT2D eigenvalue weighted by molar-refractivity contribution is 0.456. The van der Waals surface area contributed by atoms with Gasteiger partial charge in [-0.15, -0.1) is 11.3 Å². The molecule has 8 aromatic carbocycles. The number of anilines is 6. The third-order valence-corrected chi connectivity index (χ3v) is 11.9. The van der Waals surface area contributed by atoms with Gasteiger partial charge in [0.1, 0.15) is 5.75 Å². The lowest BCUT2D eigenvalue weighted by atomic mass is 10.1. The number of ether oxygens (including phenoxy) is 1. The lowest BCUT2D eigenvalue weighted by Crippen LogP contribution is -2.15. The first-order valence-corrected chi connectivity index (χ1v) is 19.3. The molecule has 0 saturated heterocycles. The van der Waals surface area contributed by atoms with Crippen LogP contribution < -0.4 is 14.5 Å². The Morgan fingerprint density at radius 3 is 1.68 bits per heavy atom. The van der Waals surface area contributed by atoms with Crippen molar-refractivity contribution in [1.29, 1.82) is 0 Å². The van der Waals surface area contributed by atoms with E-state index in [2.05, 4.69) is 204 Å². The number of hydrogen-bond acceptors (Lipinski definition) is 5. The molecule has 0 unspecified atom stereocenters. The molecule has 1 aliphatic heterocycles. The van der Waals surface area contributed by atoms with Crippen LogP contribution in [0.5, 0.6) is 11.5 Å². The van der Waals surface area contributed by atoms with Crippen LogP contribution in [-0.4, -0.2) is 0 Å². The number of fused-ring (bicyclic) bond motifs is 5. The summed E-state index contributed by atoms with van der Waals surface area (Å²) in [5.74, 6) is 1.69. The summed E-state index contributed by atoms with van der Waals surface area (Å²) < 4.78 is 9.54. The van der Waals surface area contributed by atoms with Gasteiger partial charge in [0.15, 0.2) is 5.75 Å². The lowest BCUT2D eigenvalue weighted by Gasteiger charge is -2.33. The highest BCUT2D eigenvalue weighted by atomic mass is 32.2. The first-order chi connectivity index (χ1) is 26.3. The van der Waals surface area contributed by atoms with Crippen LogP contribution in [0, 0.1) is 0 Å². The van der Waals surface area contributed by atoms with Crippen molar-refractivity contribution in [2.45, 2.75) is 9.79 Å². The maximum absolute atomic E-state index is 6.98. The Balaban J connectivity index is 1.20. The van der Waals surface area contributed by atoms with Crippen LogP contribution in [0.1, 0.15) is 0 Å². The molecular weight excluding hydrogens is 685 g/mol. The molecule has 10 rings (SSSR count). The van der Waals surface area contributed by atoms with Crippen LogP contribution in [0.2, 0.25) is 0 Å². The molecule has 0 spiro atoms. The molecule has 0 N–H and O–H groups in total. The van der Waals surface area contributed by atoms with Gasteiger partial charge < -0.3 is 14.5 Å². The van der Waals surface area contributed by atoms with Gasteiger partial charge in [-0.05, 0) is 90.0 Å². The molecule has 0 atom stereocenters. The Kier molecular flexibility index (Phi) is 7.94. The van der Waals surface area contributed by atoms with E-state index in [4.69, 9.17) is 4.74 Å². The molecule has 0 saturated carbocycles. The summed E-state index contributed by atoms with van der Waals surface area (Å²) in [6.45, 7) is 0. The molecule has 9 aromatic rings. The van der Waals surface area contributed by atoms with E-state index in [1.54, 1.807) is 11.8 Å². The van der Waals surface area contributed by atoms with Crippen molar-refractivity contribution in [2.75, 3.05) is 9.80 Å². The molecule has 1 aromatic heterocycles. The molecule has 2 heterocycles. The van der Waals surface area contributed by atoms with E-state index >= 15 is 0 Å². The Morgan fingerprint density at radius 2 is 0.981 bits per heavy atom. The van der Waals surface area contributed by atoms with E-state index in [1.807, 2.05) is 11.3 Å². The minimum Gasteiger partial charge on any atom is -0.453 e. The van der Waals surface area contributed by atoms with E-state index in [0.717, 1.165) is 61.0 Å². The fraction of sp³-hybridized carbons (Fsp3) is 0. The summed E-state index contributed by atoms with van der Waals surface area (Å²) in [4.78, 5) is 6.82. The van der Waals surface area contributed by atoms with Crippen LogP contribution in [0.15, 0.2) is 204 Å². The van der Waals surface area contributed by atoms with Crippen molar-refractivity contribution in [1.82, 2.24) is 0 Å². The van der Waals surface area contributed by atoms with Gasteiger partial charge in [-0.2, -0.15) is 0 Å². The Morgan fingerprint density at radius 1 is 0.377 bits per heavy atom. The maximum Gasteiger partial charge on any atom is 0.165 e. The number of para-hydroxylation sites is 3. The van der Waals surface area contributed by atoms with Crippen LogP contribution in [0.25, 0.3) is 31.3 Å². The minimum absolute atomic E-state index is 0.833. The van der Waals surface area contributed by atoms with Crippen molar-refractivity contribution < 1.29 is 4.74 Å². The zero-order valence-corrected chi connectivity index (χ0v) is 30.2. The molecular formula is C48H32N2OS2. The molecule has 0 bridgehead atoms. The second-order valence-electron chi connectivity index (χ2n) is 13.0. The predicted molar refractivity (Wildman–Crippen MR) is 225 cm³/mol. The van der Waals surface area contributed by atoms with Crippen molar-refractivity contribution in [3.63, 3.8) is 0 Å². The van der Waals surface area contributed by atoms with Crippen molar-refractivity contribution in [2.24, 2.45) is 0 Å². The summed E-state index contributed by atoms with van der Waals surface area (Å²) in [5, 5.41) is 2.58. The van der Waals surface area contributed by atoms with Gasteiger partial charge in [0.25, 0.3) is 0 Å². The first kappa shape index (κ1) is 31.5. The standard InChI is InChI=1S/C48H32N2OS2/c1-5-15-33(16-6-1)34-25-28-43-46(29-34)53-47-32-39(30-42(48(47)51-43)50(36-19-9-3-10-20-36)37-21-11-4-12-22-37)49(35-17-7-2-8-18-35)38-26-27-41-40-23-13-14-24-44(40)52-45(41)31-38/h1-32H. The SMILES string of the molecule is c1ccc(-c2ccc3c(c2)Sc2cc(N(c4ccccc4)c4ccc5c(c4)sc4ccccc45)cc(N(c4ccccc4)c4ccccc4)c2O3)cc1. The summed E-state index contributed by atoms with van der Waals surface area (Å²) in [6.07, 6.45) is 0. The molecule has 3 nitrogen and oxygen atoms in total. The molecule has 53 heavy (non-hydrogen) atoms. The number of rotatable bonds is 7. The summed E-state index contributed by atoms with van der Waals surface area (Å²) in [7, 11) is 0. The second kappa shape index (κ2) is 13.4. The Bertz CT molecular complexity index is 2690. The molecule has 0 aliphatic carbocycles. The first-order valence-electron chi connectivity index (χ1n) is 17.7. The molecule has 0 radical (unpaired) electrons.